The van der Waals surface area contributed by atoms with E-state index in [9.17, 15) is 13.2 Å². The van der Waals surface area contributed by atoms with Crippen molar-refractivity contribution in [2.24, 2.45) is 5.92 Å². The molecule has 0 aromatic rings. The first kappa shape index (κ1) is 14.9. The molecular weight excluding hydrogens is 232 g/mol. The van der Waals surface area contributed by atoms with Crippen molar-refractivity contribution in [1.29, 1.82) is 5.26 Å². The molecular formula is C9H16N2O4S. The number of hydrogen-bond acceptors (Lipinski definition) is 5. The van der Waals surface area contributed by atoms with Gasteiger partial charge in [0.1, 0.15) is 0 Å². The third-order valence-corrected chi connectivity index (χ3v) is 4.21. The lowest BCUT2D eigenvalue weighted by Crippen LogP contribution is -2.38. The van der Waals surface area contributed by atoms with Crippen molar-refractivity contribution in [3.8, 4) is 6.07 Å². The Bertz CT molecular complexity index is 385. The number of hydrogen-bond donors (Lipinski definition) is 0. The van der Waals surface area contributed by atoms with Crippen molar-refractivity contribution >= 4 is 16.0 Å². The van der Waals surface area contributed by atoms with Crippen LogP contribution in [0, 0.1) is 17.2 Å². The topological polar surface area (TPSA) is 87.5 Å². The van der Waals surface area contributed by atoms with Gasteiger partial charge in [0.15, 0.2) is 5.25 Å². The second kappa shape index (κ2) is 5.82. The molecule has 16 heavy (non-hydrogen) atoms. The summed E-state index contributed by atoms with van der Waals surface area (Å²) in [6.45, 7) is 2.87. The summed E-state index contributed by atoms with van der Waals surface area (Å²) in [6.07, 6.45) is 0. The van der Waals surface area contributed by atoms with Gasteiger partial charge in [0, 0.05) is 13.6 Å². The van der Waals surface area contributed by atoms with E-state index in [0.717, 1.165) is 4.31 Å². The molecule has 0 fully saturated rings. The Morgan fingerprint density at radius 3 is 2.38 bits per heavy atom. The third-order valence-electron chi connectivity index (χ3n) is 2.20. The van der Waals surface area contributed by atoms with E-state index in [1.54, 1.807) is 13.0 Å². The molecule has 0 saturated heterocycles. The van der Waals surface area contributed by atoms with Gasteiger partial charge >= 0.3 is 5.97 Å². The van der Waals surface area contributed by atoms with E-state index in [2.05, 4.69) is 4.74 Å². The zero-order valence-electron chi connectivity index (χ0n) is 9.80. The summed E-state index contributed by atoms with van der Waals surface area (Å²) in [6, 6.07) is 1.66. The molecule has 0 aliphatic heterocycles. The highest BCUT2D eigenvalue weighted by molar-refractivity contribution is 7.89. The van der Waals surface area contributed by atoms with Crippen LogP contribution in [0.2, 0.25) is 0 Å². The zero-order chi connectivity index (χ0) is 12.9. The normalized spacial score (nSPS) is 15.2. The van der Waals surface area contributed by atoms with Gasteiger partial charge < -0.3 is 4.74 Å². The maximum Gasteiger partial charge on any atom is 0.309 e. The summed E-state index contributed by atoms with van der Waals surface area (Å²) in [4.78, 5) is 11.1. The van der Waals surface area contributed by atoms with E-state index < -0.39 is 27.2 Å². The summed E-state index contributed by atoms with van der Waals surface area (Å²) >= 11 is 0. The van der Waals surface area contributed by atoms with Crippen molar-refractivity contribution in [1.82, 2.24) is 4.31 Å². The molecule has 0 heterocycles. The van der Waals surface area contributed by atoms with E-state index in [1.165, 1.54) is 21.1 Å². The van der Waals surface area contributed by atoms with Crippen LogP contribution in [0.4, 0.5) is 0 Å². The van der Waals surface area contributed by atoms with Crippen LogP contribution in [0.1, 0.15) is 13.8 Å². The maximum atomic E-state index is 11.7. The third kappa shape index (κ3) is 3.47. The van der Waals surface area contributed by atoms with Gasteiger partial charge in [-0.1, -0.05) is 6.92 Å². The van der Waals surface area contributed by atoms with Crippen LogP contribution in [-0.2, 0) is 19.6 Å². The number of carbonyl (C=O) groups is 1. The zero-order valence-corrected chi connectivity index (χ0v) is 10.6. The minimum atomic E-state index is -3.66. The first-order chi connectivity index (χ1) is 7.27. The highest BCUT2D eigenvalue weighted by Crippen LogP contribution is 2.09. The summed E-state index contributed by atoms with van der Waals surface area (Å²) in [5.41, 5.74) is 0. The van der Waals surface area contributed by atoms with Crippen molar-refractivity contribution in [2.45, 2.75) is 19.1 Å². The summed E-state index contributed by atoms with van der Waals surface area (Å²) in [5, 5.41) is 7.44. The molecule has 0 amide bonds. The van der Waals surface area contributed by atoms with Gasteiger partial charge in [-0.15, -0.1) is 0 Å². The molecule has 0 aromatic carbocycles. The molecule has 0 spiro atoms. The molecule has 0 rings (SSSR count). The van der Waals surface area contributed by atoms with Gasteiger partial charge in [-0.25, -0.2) is 12.7 Å². The minimum absolute atomic E-state index is 0.00102. The monoisotopic (exact) mass is 248 g/mol. The Morgan fingerprint density at radius 1 is 1.50 bits per heavy atom. The maximum absolute atomic E-state index is 11.7. The standard InChI is InChI=1S/C9H16N2O4S/c1-7(9(12)15-4)6-11(3)16(13,14)8(2)5-10/h7-8H,6H2,1-4H3. The minimum Gasteiger partial charge on any atom is -0.469 e. The first-order valence-corrected chi connectivity index (χ1v) is 6.20. The smallest absolute Gasteiger partial charge is 0.309 e. The molecule has 0 bridgehead atoms. The molecule has 92 valence electrons. The van der Waals surface area contributed by atoms with E-state index in [0.29, 0.717) is 0 Å². The lowest BCUT2D eigenvalue weighted by Gasteiger charge is -2.20. The molecule has 7 heteroatoms. The molecule has 2 unspecified atom stereocenters. The van der Waals surface area contributed by atoms with E-state index >= 15 is 0 Å². The van der Waals surface area contributed by atoms with Gasteiger partial charge in [-0.3, -0.25) is 4.79 Å². The fraction of sp³-hybridized carbons (Fsp3) is 0.778. The van der Waals surface area contributed by atoms with Crippen molar-refractivity contribution in [2.75, 3.05) is 20.7 Å². The van der Waals surface area contributed by atoms with Crippen LogP contribution < -0.4 is 0 Å². The lowest BCUT2D eigenvalue weighted by molar-refractivity contribution is -0.144. The highest BCUT2D eigenvalue weighted by atomic mass is 32.2. The van der Waals surface area contributed by atoms with Crippen LogP contribution >= 0.6 is 0 Å². The average Bonchev–Trinajstić information content (AvgIpc) is 2.26. The molecule has 0 aromatic heterocycles. The molecule has 0 aliphatic rings. The lowest BCUT2D eigenvalue weighted by atomic mass is 10.2. The molecule has 2 atom stereocenters. The van der Waals surface area contributed by atoms with Gasteiger partial charge in [0.2, 0.25) is 10.0 Å². The Hall–Kier alpha value is -1.13. The van der Waals surface area contributed by atoms with Crippen molar-refractivity contribution in [3.05, 3.63) is 0 Å². The Labute approximate surface area is 95.8 Å². The summed E-state index contributed by atoms with van der Waals surface area (Å²) in [7, 11) is -1.08. The predicted octanol–water partition coefficient (Wildman–Crippen LogP) is -0.0308. The molecule has 0 radical (unpaired) electrons. The Kier molecular flexibility index (Phi) is 5.41. The molecule has 0 saturated carbocycles. The van der Waals surface area contributed by atoms with Crippen LogP contribution in [-0.4, -0.2) is 44.6 Å². The SMILES string of the molecule is COC(=O)C(C)CN(C)S(=O)(=O)C(C)C#N. The quantitative estimate of drug-likeness (QED) is 0.637. The number of sulfonamides is 1. The largest absolute Gasteiger partial charge is 0.469 e. The van der Waals surface area contributed by atoms with Crippen LogP contribution in [0.15, 0.2) is 0 Å². The summed E-state index contributed by atoms with van der Waals surface area (Å²) < 4.78 is 28.8. The van der Waals surface area contributed by atoms with Crippen LogP contribution in [0.3, 0.4) is 0 Å². The number of carbonyl (C=O) groups excluding carboxylic acids is 1. The number of ether oxygens (including phenoxy) is 1. The van der Waals surface area contributed by atoms with Crippen LogP contribution in [0.5, 0.6) is 0 Å². The van der Waals surface area contributed by atoms with Gasteiger partial charge in [0.05, 0.1) is 19.1 Å². The molecule has 0 N–H and O–H groups in total. The highest BCUT2D eigenvalue weighted by Gasteiger charge is 2.28. The predicted molar refractivity (Wildman–Crippen MR) is 57.8 cm³/mol. The average molecular weight is 248 g/mol. The van der Waals surface area contributed by atoms with Crippen LogP contribution in [0.25, 0.3) is 0 Å². The number of methoxy groups -OCH3 is 1. The molecule has 0 aliphatic carbocycles. The van der Waals surface area contributed by atoms with E-state index in [-0.39, 0.29) is 6.54 Å². The van der Waals surface area contributed by atoms with Gasteiger partial charge in [-0.2, -0.15) is 5.26 Å². The number of esters is 1. The Balaban J connectivity index is 4.66. The molecule has 6 nitrogen and oxygen atoms in total. The summed E-state index contributed by atoms with van der Waals surface area (Å²) in [5.74, 6) is -1.04. The fourth-order valence-electron chi connectivity index (χ4n) is 1.10. The Morgan fingerprint density at radius 2 is 2.00 bits per heavy atom. The van der Waals surface area contributed by atoms with Gasteiger partial charge in [-0.05, 0) is 6.92 Å². The fourth-order valence-corrected chi connectivity index (χ4v) is 2.21. The van der Waals surface area contributed by atoms with Crippen molar-refractivity contribution in [3.63, 3.8) is 0 Å². The second-order valence-corrected chi connectivity index (χ2v) is 5.88. The number of nitriles is 1. The van der Waals surface area contributed by atoms with Gasteiger partial charge in [0.25, 0.3) is 0 Å². The second-order valence-electron chi connectivity index (χ2n) is 3.52. The number of nitrogens with zero attached hydrogens (tertiary/aromatic N) is 2. The van der Waals surface area contributed by atoms with E-state index in [1.807, 2.05) is 0 Å². The first-order valence-electron chi connectivity index (χ1n) is 4.70. The van der Waals surface area contributed by atoms with Crippen molar-refractivity contribution < 1.29 is 17.9 Å². The number of rotatable bonds is 5. The van der Waals surface area contributed by atoms with E-state index in [4.69, 9.17) is 5.26 Å².